The maximum atomic E-state index is 10.8. The molecule has 0 fully saturated rings. The molecule has 4 heteroatoms. The van der Waals surface area contributed by atoms with Crippen LogP contribution in [-0.2, 0) is 9.53 Å². The molecular formula is C13H12O4. The highest BCUT2D eigenvalue weighted by Gasteiger charge is 2.11. The molecule has 1 aliphatic heterocycles. The molecular weight excluding hydrogens is 220 g/mol. The fourth-order valence-corrected chi connectivity index (χ4v) is 1.36. The molecule has 0 amide bonds. The molecule has 1 heterocycles. The van der Waals surface area contributed by atoms with E-state index in [2.05, 4.69) is 0 Å². The van der Waals surface area contributed by atoms with E-state index in [9.17, 15) is 9.90 Å². The highest BCUT2D eigenvalue weighted by atomic mass is 16.5. The molecule has 1 aromatic carbocycles. The van der Waals surface area contributed by atoms with Gasteiger partial charge < -0.3 is 14.6 Å². The predicted octanol–water partition coefficient (Wildman–Crippen LogP) is 1.42. The van der Waals surface area contributed by atoms with E-state index in [4.69, 9.17) is 9.47 Å². The minimum absolute atomic E-state index is 0.110. The normalized spacial score (nSPS) is 18.2. The molecule has 0 spiro atoms. The van der Waals surface area contributed by atoms with Crippen molar-refractivity contribution in [3.05, 3.63) is 54.3 Å². The molecule has 0 saturated heterocycles. The first-order valence-corrected chi connectivity index (χ1v) is 5.21. The average Bonchev–Trinajstić information content (AvgIpc) is 2.73. The van der Waals surface area contributed by atoms with Crippen LogP contribution in [0.15, 0.2) is 54.3 Å². The average molecular weight is 232 g/mol. The van der Waals surface area contributed by atoms with E-state index in [-0.39, 0.29) is 6.61 Å². The Morgan fingerprint density at radius 1 is 1.29 bits per heavy atom. The summed E-state index contributed by atoms with van der Waals surface area (Å²) >= 11 is 0. The zero-order valence-electron chi connectivity index (χ0n) is 9.08. The number of allylic oxidation sites excluding steroid dienone is 1. The molecule has 0 aromatic heterocycles. The smallest absolute Gasteiger partial charge is 0.336 e. The molecule has 0 aliphatic carbocycles. The maximum absolute atomic E-state index is 10.8. The van der Waals surface area contributed by atoms with Gasteiger partial charge >= 0.3 is 5.97 Å². The fraction of sp³-hybridized carbons (Fsp3) is 0.154. The minimum Gasteiger partial charge on any atom is -0.491 e. The third kappa shape index (κ3) is 3.46. The van der Waals surface area contributed by atoms with E-state index < -0.39 is 12.1 Å². The molecule has 2 rings (SSSR count). The summed E-state index contributed by atoms with van der Waals surface area (Å²) in [7, 11) is 0. The van der Waals surface area contributed by atoms with Crippen LogP contribution in [0.3, 0.4) is 0 Å². The molecule has 0 saturated carbocycles. The van der Waals surface area contributed by atoms with Crippen molar-refractivity contribution in [2.45, 2.75) is 6.10 Å². The highest BCUT2D eigenvalue weighted by Crippen LogP contribution is 2.12. The summed E-state index contributed by atoms with van der Waals surface area (Å²) in [6.45, 7) is 0.110. The third-order valence-corrected chi connectivity index (χ3v) is 2.12. The van der Waals surface area contributed by atoms with Gasteiger partial charge in [0.1, 0.15) is 24.2 Å². The van der Waals surface area contributed by atoms with Crippen LogP contribution in [0, 0.1) is 0 Å². The summed E-state index contributed by atoms with van der Waals surface area (Å²) in [5, 5.41) is 9.63. The van der Waals surface area contributed by atoms with Gasteiger partial charge in [-0.15, -0.1) is 0 Å². The number of rotatable bonds is 4. The van der Waals surface area contributed by atoms with Crippen molar-refractivity contribution < 1.29 is 19.4 Å². The topological polar surface area (TPSA) is 55.8 Å². The SMILES string of the molecule is O=C1C=C/C(=C\C(O)COc2ccccc2)O1. The van der Waals surface area contributed by atoms with Gasteiger partial charge in [-0.3, -0.25) is 0 Å². The summed E-state index contributed by atoms with van der Waals surface area (Å²) < 4.78 is 10.1. The molecule has 1 N–H and O–H groups in total. The van der Waals surface area contributed by atoms with Gasteiger partial charge in [-0.1, -0.05) is 18.2 Å². The van der Waals surface area contributed by atoms with Crippen LogP contribution in [0.1, 0.15) is 0 Å². The minimum atomic E-state index is -0.819. The second-order valence-corrected chi connectivity index (χ2v) is 3.51. The molecule has 88 valence electrons. The van der Waals surface area contributed by atoms with Crippen molar-refractivity contribution in [1.29, 1.82) is 0 Å². The summed E-state index contributed by atoms with van der Waals surface area (Å²) in [6.07, 6.45) is 3.43. The fourth-order valence-electron chi connectivity index (χ4n) is 1.36. The number of aliphatic hydroxyl groups is 1. The van der Waals surface area contributed by atoms with E-state index in [1.54, 1.807) is 12.1 Å². The Balaban J connectivity index is 1.84. The Hall–Kier alpha value is -2.07. The van der Waals surface area contributed by atoms with Crippen molar-refractivity contribution in [3.63, 3.8) is 0 Å². The van der Waals surface area contributed by atoms with E-state index in [1.165, 1.54) is 18.2 Å². The van der Waals surface area contributed by atoms with Crippen LogP contribution in [-0.4, -0.2) is 23.8 Å². The number of benzene rings is 1. The first-order chi connectivity index (χ1) is 8.24. The van der Waals surface area contributed by atoms with Crippen LogP contribution in [0.25, 0.3) is 0 Å². The van der Waals surface area contributed by atoms with E-state index in [0.29, 0.717) is 11.5 Å². The Labute approximate surface area is 98.8 Å². The Morgan fingerprint density at radius 3 is 2.71 bits per heavy atom. The van der Waals surface area contributed by atoms with Crippen molar-refractivity contribution in [2.24, 2.45) is 0 Å². The van der Waals surface area contributed by atoms with E-state index in [1.807, 2.05) is 18.2 Å². The van der Waals surface area contributed by atoms with Crippen LogP contribution in [0.5, 0.6) is 5.75 Å². The number of carbonyl (C=O) groups excluding carboxylic acids is 1. The van der Waals surface area contributed by atoms with Gasteiger partial charge in [0.15, 0.2) is 0 Å². The van der Waals surface area contributed by atoms with Crippen LogP contribution in [0.4, 0.5) is 0 Å². The summed E-state index contributed by atoms with van der Waals surface area (Å²) in [5.41, 5.74) is 0. The zero-order valence-corrected chi connectivity index (χ0v) is 9.08. The number of carbonyl (C=O) groups is 1. The largest absolute Gasteiger partial charge is 0.491 e. The molecule has 1 aliphatic rings. The van der Waals surface area contributed by atoms with E-state index >= 15 is 0 Å². The van der Waals surface area contributed by atoms with Gasteiger partial charge in [0.2, 0.25) is 0 Å². The number of para-hydroxylation sites is 1. The van der Waals surface area contributed by atoms with Crippen LogP contribution >= 0.6 is 0 Å². The van der Waals surface area contributed by atoms with Gasteiger partial charge in [0, 0.05) is 6.08 Å². The Bertz CT molecular complexity index is 448. The highest BCUT2D eigenvalue weighted by molar-refractivity contribution is 5.86. The lowest BCUT2D eigenvalue weighted by Gasteiger charge is -2.09. The molecule has 1 unspecified atom stereocenters. The lowest BCUT2D eigenvalue weighted by molar-refractivity contribution is -0.132. The van der Waals surface area contributed by atoms with Crippen LogP contribution < -0.4 is 4.74 Å². The van der Waals surface area contributed by atoms with E-state index in [0.717, 1.165) is 0 Å². The van der Waals surface area contributed by atoms with Crippen molar-refractivity contribution in [3.8, 4) is 5.75 Å². The van der Waals surface area contributed by atoms with Crippen LogP contribution in [0.2, 0.25) is 0 Å². The Morgan fingerprint density at radius 2 is 2.06 bits per heavy atom. The monoisotopic (exact) mass is 232 g/mol. The van der Waals surface area contributed by atoms with Gasteiger partial charge in [-0.25, -0.2) is 4.79 Å². The molecule has 1 atom stereocenters. The summed E-state index contributed by atoms with van der Waals surface area (Å²) in [5.74, 6) is 0.607. The number of cyclic esters (lactones) is 1. The molecule has 1 aromatic rings. The zero-order chi connectivity index (χ0) is 12.1. The summed E-state index contributed by atoms with van der Waals surface area (Å²) in [4.78, 5) is 10.8. The second kappa shape index (κ2) is 5.32. The van der Waals surface area contributed by atoms with Crippen molar-refractivity contribution in [2.75, 3.05) is 6.61 Å². The van der Waals surface area contributed by atoms with Crippen molar-refractivity contribution in [1.82, 2.24) is 0 Å². The molecule has 17 heavy (non-hydrogen) atoms. The first-order valence-electron chi connectivity index (χ1n) is 5.21. The summed E-state index contributed by atoms with van der Waals surface area (Å²) in [6, 6.07) is 9.18. The number of esters is 1. The number of aliphatic hydroxyl groups excluding tert-OH is 1. The lowest BCUT2D eigenvalue weighted by Crippen LogP contribution is -2.15. The molecule has 0 radical (unpaired) electrons. The lowest BCUT2D eigenvalue weighted by atomic mass is 10.3. The van der Waals surface area contributed by atoms with Gasteiger partial charge in [0.25, 0.3) is 0 Å². The second-order valence-electron chi connectivity index (χ2n) is 3.51. The number of hydrogen-bond donors (Lipinski definition) is 1. The number of ether oxygens (including phenoxy) is 2. The Kier molecular flexibility index (Phi) is 3.57. The molecule has 4 nitrogen and oxygen atoms in total. The standard InChI is InChI=1S/C13H12O4/c14-10(8-12-6-7-13(15)17-12)9-16-11-4-2-1-3-5-11/h1-8,10,14H,9H2/b12-8+. The van der Waals surface area contributed by atoms with Crippen molar-refractivity contribution >= 4 is 5.97 Å². The van der Waals surface area contributed by atoms with Gasteiger partial charge in [-0.05, 0) is 24.3 Å². The maximum Gasteiger partial charge on any atom is 0.336 e. The first kappa shape index (κ1) is 11.4. The van der Waals surface area contributed by atoms with Gasteiger partial charge in [0.05, 0.1) is 0 Å². The quantitative estimate of drug-likeness (QED) is 0.798. The predicted molar refractivity (Wildman–Crippen MR) is 61.3 cm³/mol. The molecule has 0 bridgehead atoms. The number of hydrogen-bond acceptors (Lipinski definition) is 4. The third-order valence-electron chi connectivity index (χ3n) is 2.12. The van der Waals surface area contributed by atoms with Gasteiger partial charge in [-0.2, -0.15) is 0 Å².